The summed E-state index contributed by atoms with van der Waals surface area (Å²) in [5, 5.41) is 6.56. The second kappa shape index (κ2) is 11.3. The number of carbonyl (C=O) groups excluding carboxylic acids is 2. The number of rotatable bonds is 6. The number of anilines is 3. The highest BCUT2D eigenvalue weighted by Gasteiger charge is 2.28. The summed E-state index contributed by atoms with van der Waals surface area (Å²) in [5.74, 6) is 0.244. The van der Waals surface area contributed by atoms with Gasteiger partial charge in [0.15, 0.2) is 0 Å². The SMILES string of the molecule is Cc1ccc(C)c(N2CCN(C(=O)c3ccc4c(c3)NC(=O)[C@@H](CSCc3c(F)cccc3Cl)N4)CC2)c1. The molecular formula is C29H30ClFN4O2S. The minimum atomic E-state index is -0.474. The first-order valence-corrected chi connectivity index (χ1v) is 14.2. The van der Waals surface area contributed by atoms with Crippen molar-refractivity contribution in [2.45, 2.75) is 25.6 Å². The van der Waals surface area contributed by atoms with E-state index in [0.29, 0.717) is 46.4 Å². The Morgan fingerprint density at radius 1 is 1.05 bits per heavy atom. The molecule has 2 aliphatic heterocycles. The molecule has 9 heteroatoms. The molecule has 5 rings (SSSR count). The van der Waals surface area contributed by atoms with Crippen molar-refractivity contribution in [3.8, 4) is 0 Å². The Hall–Kier alpha value is -3.23. The third-order valence-corrected chi connectivity index (χ3v) is 8.45. The number of hydrogen-bond acceptors (Lipinski definition) is 5. The van der Waals surface area contributed by atoms with Crippen LogP contribution in [0.1, 0.15) is 27.0 Å². The zero-order valence-electron chi connectivity index (χ0n) is 21.4. The van der Waals surface area contributed by atoms with Crippen LogP contribution in [0.25, 0.3) is 0 Å². The number of nitrogens with one attached hydrogen (secondary N) is 2. The van der Waals surface area contributed by atoms with Crippen LogP contribution in [0.15, 0.2) is 54.6 Å². The zero-order chi connectivity index (χ0) is 26.8. The summed E-state index contributed by atoms with van der Waals surface area (Å²) in [4.78, 5) is 30.2. The number of fused-ring (bicyclic) bond motifs is 1. The molecule has 1 atom stereocenters. The van der Waals surface area contributed by atoms with Crippen LogP contribution >= 0.6 is 23.4 Å². The molecule has 3 aromatic carbocycles. The molecule has 0 unspecified atom stereocenters. The Balaban J connectivity index is 1.18. The van der Waals surface area contributed by atoms with E-state index in [1.807, 2.05) is 11.0 Å². The largest absolute Gasteiger partial charge is 0.371 e. The summed E-state index contributed by atoms with van der Waals surface area (Å²) < 4.78 is 14.0. The number of aryl methyl sites for hydroxylation is 2. The molecule has 2 aliphatic rings. The monoisotopic (exact) mass is 552 g/mol. The average Bonchev–Trinajstić information content (AvgIpc) is 2.91. The molecule has 2 amide bonds. The molecule has 38 heavy (non-hydrogen) atoms. The molecule has 2 heterocycles. The Morgan fingerprint density at radius 2 is 1.84 bits per heavy atom. The minimum absolute atomic E-state index is 0.0397. The number of halogens is 2. The highest BCUT2D eigenvalue weighted by Crippen LogP contribution is 2.31. The number of amides is 2. The van der Waals surface area contributed by atoms with Crippen molar-refractivity contribution >= 4 is 52.2 Å². The number of piperazine rings is 1. The Bertz CT molecular complexity index is 1360. The molecule has 0 spiro atoms. The molecule has 0 aromatic heterocycles. The summed E-state index contributed by atoms with van der Waals surface area (Å²) in [6, 6.07) is 16.0. The highest BCUT2D eigenvalue weighted by atomic mass is 35.5. The lowest BCUT2D eigenvalue weighted by atomic mass is 10.1. The van der Waals surface area contributed by atoms with Crippen molar-refractivity contribution in [2.75, 3.05) is 47.5 Å². The van der Waals surface area contributed by atoms with Crippen LogP contribution in [0.4, 0.5) is 21.5 Å². The van der Waals surface area contributed by atoms with Crippen molar-refractivity contribution in [1.82, 2.24) is 4.90 Å². The molecule has 0 saturated carbocycles. The van der Waals surface area contributed by atoms with E-state index >= 15 is 0 Å². The van der Waals surface area contributed by atoms with Crippen LogP contribution in [-0.4, -0.2) is 54.7 Å². The van der Waals surface area contributed by atoms with Gasteiger partial charge in [-0.1, -0.05) is 29.8 Å². The zero-order valence-corrected chi connectivity index (χ0v) is 23.0. The van der Waals surface area contributed by atoms with Gasteiger partial charge in [-0.25, -0.2) is 4.39 Å². The maximum absolute atomic E-state index is 14.0. The molecular weight excluding hydrogens is 523 g/mol. The predicted molar refractivity (Wildman–Crippen MR) is 154 cm³/mol. The molecule has 0 bridgehead atoms. The van der Waals surface area contributed by atoms with Crippen LogP contribution in [0.3, 0.4) is 0 Å². The van der Waals surface area contributed by atoms with E-state index in [2.05, 4.69) is 47.6 Å². The number of carbonyl (C=O) groups is 2. The van der Waals surface area contributed by atoms with Gasteiger partial charge >= 0.3 is 0 Å². The first-order chi connectivity index (χ1) is 18.3. The first-order valence-electron chi connectivity index (χ1n) is 12.6. The van der Waals surface area contributed by atoms with Gasteiger partial charge in [-0.05, 0) is 61.4 Å². The summed E-state index contributed by atoms with van der Waals surface area (Å²) in [6.45, 7) is 7.03. The average molecular weight is 553 g/mol. The van der Waals surface area contributed by atoms with E-state index in [9.17, 15) is 14.0 Å². The van der Waals surface area contributed by atoms with E-state index in [4.69, 9.17) is 11.6 Å². The summed E-state index contributed by atoms with van der Waals surface area (Å²) in [6.07, 6.45) is 0. The van der Waals surface area contributed by atoms with Crippen molar-refractivity contribution < 1.29 is 14.0 Å². The second-order valence-electron chi connectivity index (χ2n) is 9.73. The number of benzene rings is 3. The van der Waals surface area contributed by atoms with Gasteiger partial charge in [-0.2, -0.15) is 11.8 Å². The number of thioether (sulfide) groups is 1. The van der Waals surface area contributed by atoms with Gasteiger partial charge in [0.1, 0.15) is 11.9 Å². The fraction of sp³-hybridized carbons (Fsp3) is 0.310. The van der Waals surface area contributed by atoms with E-state index in [0.717, 1.165) is 18.8 Å². The van der Waals surface area contributed by atoms with Crippen LogP contribution in [0, 0.1) is 19.7 Å². The standard InChI is InChI=1S/C29H30ClFN4O2S/c1-18-6-7-19(2)27(14-18)34-10-12-35(13-11-34)29(37)20-8-9-24-25(15-20)33-28(36)26(32-24)17-38-16-21-22(30)4-3-5-23(21)31/h3-9,14-15,26,32H,10-13,16-17H2,1-2H3,(H,33,36)/t26-/m1/s1. The van der Waals surface area contributed by atoms with Gasteiger partial charge in [0.25, 0.3) is 5.91 Å². The van der Waals surface area contributed by atoms with E-state index < -0.39 is 6.04 Å². The van der Waals surface area contributed by atoms with Gasteiger partial charge < -0.3 is 20.4 Å². The van der Waals surface area contributed by atoms with Gasteiger partial charge in [0, 0.05) is 59.5 Å². The molecule has 0 aliphatic carbocycles. The van der Waals surface area contributed by atoms with Crippen LogP contribution < -0.4 is 15.5 Å². The Labute approximate surface area is 231 Å². The maximum Gasteiger partial charge on any atom is 0.254 e. The fourth-order valence-corrected chi connectivity index (χ4v) is 6.23. The Morgan fingerprint density at radius 3 is 2.61 bits per heavy atom. The first kappa shape index (κ1) is 26.4. The molecule has 0 radical (unpaired) electrons. The third kappa shape index (κ3) is 5.61. The van der Waals surface area contributed by atoms with Crippen LogP contribution in [0.2, 0.25) is 5.02 Å². The lowest BCUT2D eigenvalue weighted by Crippen LogP contribution is -2.49. The number of hydrogen-bond donors (Lipinski definition) is 2. The molecule has 3 aromatic rings. The molecule has 2 N–H and O–H groups in total. The highest BCUT2D eigenvalue weighted by molar-refractivity contribution is 7.98. The van der Waals surface area contributed by atoms with Crippen molar-refractivity contribution in [3.63, 3.8) is 0 Å². The minimum Gasteiger partial charge on any atom is -0.371 e. The van der Waals surface area contributed by atoms with E-state index in [1.165, 1.54) is 34.6 Å². The van der Waals surface area contributed by atoms with Crippen molar-refractivity contribution in [3.05, 3.63) is 87.7 Å². The molecule has 198 valence electrons. The second-order valence-corrected chi connectivity index (χ2v) is 11.2. The lowest BCUT2D eigenvalue weighted by molar-refractivity contribution is -0.116. The lowest BCUT2D eigenvalue weighted by Gasteiger charge is -2.37. The topological polar surface area (TPSA) is 64.7 Å². The van der Waals surface area contributed by atoms with Crippen molar-refractivity contribution in [2.24, 2.45) is 0 Å². The predicted octanol–water partition coefficient (Wildman–Crippen LogP) is 5.72. The smallest absolute Gasteiger partial charge is 0.254 e. The van der Waals surface area contributed by atoms with Crippen LogP contribution in [0.5, 0.6) is 0 Å². The summed E-state index contributed by atoms with van der Waals surface area (Å²) in [7, 11) is 0. The fourth-order valence-electron chi connectivity index (χ4n) is 4.84. The van der Waals surface area contributed by atoms with E-state index in [-0.39, 0.29) is 17.6 Å². The number of nitrogens with zero attached hydrogens (tertiary/aromatic N) is 2. The van der Waals surface area contributed by atoms with Gasteiger partial charge in [-0.15, -0.1) is 0 Å². The summed E-state index contributed by atoms with van der Waals surface area (Å²) in [5.41, 5.74) is 6.03. The van der Waals surface area contributed by atoms with Gasteiger partial charge in [0.2, 0.25) is 5.91 Å². The maximum atomic E-state index is 14.0. The van der Waals surface area contributed by atoms with E-state index in [1.54, 1.807) is 24.3 Å². The quantitative estimate of drug-likeness (QED) is 0.409. The van der Waals surface area contributed by atoms with Crippen molar-refractivity contribution in [1.29, 1.82) is 0 Å². The molecule has 1 fully saturated rings. The normalized spacial score (nSPS) is 17.1. The van der Waals surface area contributed by atoms with Gasteiger partial charge in [0.05, 0.1) is 11.4 Å². The molecule has 1 saturated heterocycles. The Kier molecular flexibility index (Phi) is 7.81. The van der Waals surface area contributed by atoms with Gasteiger partial charge in [-0.3, -0.25) is 9.59 Å². The molecule has 6 nitrogen and oxygen atoms in total. The summed E-state index contributed by atoms with van der Waals surface area (Å²) >= 11 is 7.54. The van der Waals surface area contributed by atoms with Crippen LogP contribution in [-0.2, 0) is 10.5 Å². The third-order valence-electron chi connectivity index (χ3n) is 7.04.